The van der Waals surface area contributed by atoms with Gasteiger partial charge in [0.15, 0.2) is 0 Å². The van der Waals surface area contributed by atoms with Crippen LogP contribution in [0.15, 0.2) is 84.9 Å². The highest BCUT2D eigenvalue weighted by Gasteiger charge is 2.34. The fraction of sp³-hybridized carbons (Fsp3) is 0.0714. The van der Waals surface area contributed by atoms with Crippen LogP contribution in [0.1, 0.15) is 11.1 Å². The van der Waals surface area contributed by atoms with Crippen LogP contribution in [0.2, 0.25) is 0 Å². The van der Waals surface area contributed by atoms with Gasteiger partial charge >= 0.3 is 12.2 Å². The standard InChI is InChI=1S/C28H18F6N4O/c29-17-13-23(30)21(24(31)14-17)15-38-26(20-10-5-11-22(25(20)37-38)28(32,33)34)16-6-4-9-19(12-16)36-27(39)35-18-7-2-1-3-8-18/h1-14H,15H2,(H2,35,36,39). The lowest BCUT2D eigenvalue weighted by Gasteiger charge is -2.12. The summed E-state index contributed by atoms with van der Waals surface area (Å²) in [4.78, 5) is 12.5. The summed E-state index contributed by atoms with van der Waals surface area (Å²) in [6.07, 6.45) is -4.75. The van der Waals surface area contributed by atoms with Crippen molar-refractivity contribution in [1.29, 1.82) is 0 Å². The van der Waals surface area contributed by atoms with Gasteiger partial charge in [0.25, 0.3) is 0 Å². The summed E-state index contributed by atoms with van der Waals surface area (Å²) in [5.41, 5.74) is -0.759. The van der Waals surface area contributed by atoms with Crippen LogP contribution in [0.5, 0.6) is 0 Å². The number of carbonyl (C=O) groups excluding carboxylic acids is 1. The van der Waals surface area contributed by atoms with Crippen molar-refractivity contribution in [1.82, 2.24) is 9.78 Å². The molecule has 0 spiro atoms. The molecule has 11 heteroatoms. The van der Waals surface area contributed by atoms with Crippen molar-refractivity contribution >= 4 is 28.3 Å². The molecule has 0 aliphatic heterocycles. The summed E-state index contributed by atoms with van der Waals surface area (Å²) < 4.78 is 84.8. The largest absolute Gasteiger partial charge is 0.418 e. The number of hydrogen-bond donors (Lipinski definition) is 2. The summed E-state index contributed by atoms with van der Waals surface area (Å²) in [6, 6.07) is 18.7. The number of urea groups is 1. The number of alkyl halides is 3. The molecule has 5 aromatic rings. The van der Waals surface area contributed by atoms with Gasteiger partial charge in [-0.25, -0.2) is 18.0 Å². The highest BCUT2D eigenvalue weighted by atomic mass is 19.4. The zero-order chi connectivity index (χ0) is 27.7. The number of benzene rings is 4. The van der Waals surface area contributed by atoms with E-state index < -0.39 is 52.8 Å². The number of nitrogens with zero attached hydrogens (tertiary/aromatic N) is 2. The number of para-hydroxylation sites is 1. The fourth-order valence-corrected chi connectivity index (χ4v) is 4.23. The van der Waals surface area contributed by atoms with E-state index in [1.807, 2.05) is 0 Å². The van der Waals surface area contributed by atoms with E-state index in [9.17, 15) is 31.1 Å². The van der Waals surface area contributed by atoms with Crippen molar-refractivity contribution < 1.29 is 31.1 Å². The molecule has 1 aromatic heterocycles. The lowest BCUT2D eigenvalue weighted by molar-refractivity contribution is -0.136. The van der Waals surface area contributed by atoms with Crippen molar-refractivity contribution in [2.24, 2.45) is 0 Å². The summed E-state index contributed by atoms with van der Waals surface area (Å²) in [5, 5.41) is 9.44. The smallest absolute Gasteiger partial charge is 0.308 e. The monoisotopic (exact) mass is 540 g/mol. The van der Waals surface area contributed by atoms with Crippen LogP contribution in [0.4, 0.5) is 42.5 Å². The third-order valence-electron chi connectivity index (χ3n) is 5.91. The molecule has 0 atom stereocenters. The Morgan fingerprint density at radius 1 is 0.795 bits per heavy atom. The molecule has 4 aromatic carbocycles. The third-order valence-corrected chi connectivity index (χ3v) is 5.91. The van der Waals surface area contributed by atoms with Crippen LogP contribution in [-0.2, 0) is 12.7 Å². The van der Waals surface area contributed by atoms with E-state index >= 15 is 0 Å². The molecular weight excluding hydrogens is 522 g/mol. The maximum absolute atomic E-state index is 14.5. The molecule has 0 saturated heterocycles. The Balaban J connectivity index is 1.60. The number of fused-ring (bicyclic) bond motifs is 1. The van der Waals surface area contributed by atoms with Gasteiger partial charge in [-0.05, 0) is 30.3 Å². The molecule has 0 radical (unpaired) electrons. The Morgan fingerprint density at radius 3 is 2.13 bits per heavy atom. The Kier molecular flexibility index (Phi) is 6.73. The second-order valence-electron chi connectivity index (χ2n) is 8.58. The quantitative estimate of drug-likeness (QED) is 0.223. The average Bonchev–Trinajstić information content (AvgIpc) is 3.24. The van der Waals surface area contributed by atoms with Crippen LogP contribution < -0.4 is 10.6 Å². The molecule has 1 heterocycles. The predicted molar refractivity (Wildman–Crippen MR) is 135 cm³/mol. The van der Waals surface area contributed by atoms with E-state index in [2.05, 4.69) is 15.7 Å². The molecule has 198 valence electrons. The van der Waals surface area contributed by atoms with Gasteiger partial charge in [0, 0.05) is 40.0 Å². The number of halogens is 6. The molecule has 0 aliphatic rings. The Hall–Kier alpha value is -4.80. The van der Waals surface area contributed by atoms with Crippen LogP contribution in [0, 0.1) is 17.5 Å². The van der Waals surface area contributed by atoms with E-state index in [1.165, 1.54) is 18.2 Å². The summed E-state index contributed by atoms with van der Waals surface area (Å²) in [7, 11) is 0. The molecule has 0 aliphatic carbocycles. The second-order valence-corrected chi connectivity index (χ2v) is 8.58. The Morgan fingerprint density at radius 2 is 1.44 bits per heavy atom. The van der Waals surface area contributed by atoms with Crippen LogP contribution >= 0.6 is 0 Å². The zero-order valence-electron chi connectivity index (χ0n) is 19.9. The summed E-state index contributed by atoms with van der Waals surface area (Å²) in [5.74, 6) is -3.55. The average molecular weight is 540 g/mol. The number of carbonyl (C=O) groups is 1. The number of aromatic nitrogens is 2. The van der Waals surface area contributed by atoms with Gasteiger partial charge in [0.05, 0.1) is 17.8 Å². The molecule has 2 amide bonds. The van der Waals surface area contributed by atoms with Gasteiger partial charge in [0.1, 0.15) is 23.0 Å². The number of nitrogens with one attached hydrogen (secondary N) is 2. The van der Waals surface area contributed by atoms with Gasteiger partial charge < -0.3 is 10.6 Å². The van der Waals surface area contributed by atoms with Gasteiger partial charge in [-0.1, -0.05) is 42.5 Å². The topological polar surface area (TPSA) is 59.0 Å². The number of rotatable bonds is 5. The molecule has 5 nitrogen and oxygen atoms in total. The first-order valence-electron chi connectivity index (χ1n) is 11.5. The van der Waals surface area contributed by atoms with Gasteiger partial charge in [-0.2, -0.15) is 18.3 Å². The van der Waals surface area contributed by atoms with Crippen molar-refractivity contribution in [2.75, 3.05) is 10.6 Å². The molecule has 0 fully saturated rings. The molecule has 0 bridgehead atoms. The van der Waals surface area contributed by atoms with Gasteiger partial charge in [-0.15, -0.1) is 0 Å². The van der Waals surface area contributed by atoms with E-state index in [0.29, 0.717) is 29.1 Å². The van der Waals surface area contributed by atoms with E-state index in [4.69, 9.17) is 0 Å². The van der Waals surface area contributed by atoms with Crippen LogP contribution in [0.25, 0.3) is 22.2 Å². The fourth-order valence-electron chi connectivity index (χ4n) is 4.23. The second kappa shape index (κ2) is 10.2. The van der Waals surface area contributed by atoms with Crippen LogP contribution in [0.3, 0.4) is 0 Å². The third kappa shape index (κ3) is 5.42. The molecule has 39 heavy (non-hydrogen) atoms. The SMILES string of the molecule is O=C(Nc1ccccc1)Nc1cccc(-c2c3cccc(C(F)(F)F)c3nn2Cc2c(F)cc(F)cc2F)c1. The van der Waals surface area contributed by atoms with Crippen molar-refractivity contribution in [3.63, 3.8) is 0 Å². The molecule has 0 unspecified atom stereocenters. The van der Waals surface area contributed by atoms with E-state index in [0.717, 1.165) is 10.7 Å². The highest BCUT2D eigenvalue weighted by molar-refractivity contribution is 6.01. The van der Waals surface area contributed by atoms with Crippen LogP contribution in [-0.4, -0.2) is 15.8 Å². The summed E-state index contributed by atoms with van der Waals surface area (Å²) >= 11 is 0. The highest BCUT2D eigenvalue weighted by Crippen LogP contribution is 2.38. The van der Waals surface area contributed by atoms with Crippen molar-refractivity contribution in [3.8, 4) is 11.3 Å². The molecule has 5 rings (SSSR count). The predicted octanol–water partition coefficient (Wildman–Crippen LogP) is 7.83. The van der Waals surface area contributed by atoms with Gasteiger partial charge in [0.2, 0.25) is 0 Å². The van der Waals surface area contributed by atoms with E-state index in [-0.39, 0.29) is 11.1 Å². The van der Waals surface area contributed by atoms with Crippen molar-refractivity contribution in [3.05, 3.63) is 114 Å². The van der Waals surface area contributed by atoms with E-state index in [1.54, 1.807) is 48.5 Å². The maximum Gasteiger partial charge on any atom is 0.418 e. The zero-order valence-corrected chi connectivity index (χ0v) is 19.9. The first kappa shape index (κ1) is 25.8. The first-order valence-corrected chi connectivity index (χ1v) is 11.5. The molecular formula is C28H18F6N4O. The minimum absolute atomic E-state index is 0.0682. The van der Waals surface area contributed by atoms with Gasteiger partial charge in [-0.3, -0.25) is 4.68 Å². The minimum Gasteiger partial charge on any atom is -0.308 e. The molecule has 2 N–H and O–H groups in total. The normalized spacial score (nSPS) is 11.5. The van der Waals surface area contributed by atoms with Crippen molar-refractivity contribution in [2.45, 2.75) is 12.7 Å². The Bertz CT molecular complexity index is 1660. The summed E-state index contributed by atoms with van der Waals surface area (Å²) in [6.45, 7) is -0.620. The minimum atomic E-state index is -4.75. The number of hydrogen-bond acceptors (Lipinski definition) is 2. The lowest BCUT2D eigenvalue weighted by Crippen LogP contribution is -2.19. The number of anilines is 2. The number of amides is 2. The lowest BCUT2D eigenvalue weighted by atomic mass is 10.0. The first-order chi connectivity index (χ1) is 18.6. The Labute approximate surface area is 217 Å². The molecule has 0 saturated carbocycles. The maximum atomic E-state index is 14.5.